The van der Waals surface area contributed by atoms with Crippen molar-refractivity contribution in [3.8, 4) is 0 Å². The number of aryl methyl sites for hydroxylation is 1. The van der Waals surface area contributed by atoms with Crippen LogP contribution in [0.1, 0.15) is 95.0 Å². The second-order valence-electron chi connectivity index (χ2n) is 9.41. The van der Waals surface area contributed by atoms with Gasteiger partial charge < -0.3 is 9.64 Å². The third-order valence-corrected chi connectivity index (χ3v) is 5.50. The molecule has 1 heterocycles. The molecule has 1 aromatic carbocycles. The molecule has 1 aliphatic heterocycles. The zero-order valence-electron chi connectivity index (χ0n) is 19.6. The van der Waals surface area contributed by atoms with Crippen molar-refractivity contribution in [1.82, 2.24) is 10.2 Å². The highest BCUT2D eigenvalue weighted by molar-refractivity contribution is 6.02. The Bertz CT molecular complexity index is 737. The summed E-state index contributed by atoms with van der Waals surface area (Å²) in [5, 5.41) is 10.8. The standard InChI is InChI=1S/C25H39N3O3/c1-5-6-7-8-9-10-12-19-14-16-20(17-15-19)23(29)28-18-11-13-21(28)22(26)27-24(30)31-25(2,3)4/h14-17,21H,5-13,18H2,1-4H3,(H2,26,27,30)/t21-/m0/s1. The van der Waals surface area contributed by atoms with Crippen LogP contribution in [0.3, 0.4) is 0 Å². The van der Waals surface area contributed by atoms with Crippen molar-refractivity contribution in [1.29, 1.82) is 5.41 Å². The average Bonchev–Trinajstić information content (AvgIpc) is 3.19. The predicted molar refractivity (Wildman–Crippen MR) is 125 cm³/mol. The Hall–Kier alpha value is -2.37. The number of alkyl carbamates (subject to hydrolysis) is 1. The van der Waals surface area contributed by atoms with E-state index in [-0.39, 0.29) is 11.7 Å². The van der Waals surface area contributed by atoms with Crippen LogP contribution in [0.2, 0.25) is 0 Å². The minimum Gasteiger partial charge on any atom is -0.444 e. The lowest BCUT2D eigenvalue weighted by atomic mass is 10.0. The lowest BCUT2D eigenvalue weighted by Gasteiger charge is -2.26. The Kier molecular flexibility index (Phi) is 9.53. The zero-order valence-corrected chi connectivity index (χ0v) is 19.6. The van der Waals surface area contributed by atoms with E-state index in [4.69, 9.17) is 10.1 Å². The Labute approximate surface area is 187 Å². The largest absolute Gasteiger partial charge is 0.444 e. The van der Waals surface area contributed by atoms with Crippen LogP contribution in [0.5, 0.6) is 0 Å². The number of ether oxygens (including phenoxy) is 1. The Morgan fingerprint density at radius 2 is 1.74 bits per heavy atom. The maximum Gasteiger partial charge on any atom is 0.413 e. The normalized spacial score (nSPS) is 16.3. The van der Waals surface area contributed by atoms with E-state index in [1.807, 2.05) is 24.3 Å². The molecule has 0 aliphatic carbocycles. The van der Waals surface area contributed by atoms with Gasteiger partial charge in [-0.25, -0.2) is 4.79 Å². The van der Waals surface area contributed by atoms with Crippen molar-refractivity contribution in [2.45, 2.75) is 97.1 Å². The second kappa shape index (κ2) is 11.9. The summed E-state index contributed by atoms with van der Waals surface area (Å²) >= 11 is 0. The van der Waals surface area contributed by atoms with Gasteiger partial charge in [-0.2, -0.15) is 0 Å². The van der Waals surface area contributed by atoms with Crippen molar-refractivity contribution in [2.24, 2.45) is 0 Å². The molecule has 0 radical (unpaired) electrons. The smallest absolute Gasteiger partial charge is 0.413 e. The van der Waals surface area contributed by atoms with Gasteiger partial charge in [-0.15, -0.1) is 0 Å². The lowest BCUT2D eigenvalue weighted by Crippen LogP contribution is -2.48. The first-order chi connectivity index (χ1) is 14.7. The van der Waals surface area contributed by atoms with Crippen LogP contribution in [-0.2, 0) is 11.2 Å². The first-order valence-corrected chi connectivity index (χ1v) is 11.7. The van der Waals surface area contributed by atoms with E-state index in [2.05, 4.69) is 12.2 Å². The molecule has 172 valence electrons. The first kappa shape index (κ1) is 24.9. The number of carbonyl (C=O) groups is 2. The average molecular weight is 430 g/mol. The van der Waals surface area contributed by atoms with Crippen molar-refractivity contribution < 1.29 is 14.3 Å². The molecule has 0 saturated carbocycles. The van der Waals surface area contributed by atoms with E-state index in [0.717, 1.165) is 12.8 Å². The molecule has 31 heavy (non-hydrogen) atoms. The Balaban J connectivity index is 1.88. The zero-order chi connectivity index (χ0) is 22.9. The minimum atomic E-state index is -0.657. The molecule has 2 amide bonds. The van der Waals surface area contributed by atoms with Gasteiger partial charge in [0.15, 0.2) is 0 Å². The van der Waals surface area contributed by atoms with Gasteiger partial charge in [0.2, 0.25) is 0 Å². The van der Waals surface area contributed by atoms with E-state index in [9.17, 15) is 9.59 Å². The van der Waals surface area contributed by atoms with Crippen molar-refractivity contribution in [3.05, 3.63) is 35.4 Å². The van der Waals surface area contributed by atoms with Crippen molar-refractivity contribution in [3.63, 3.8) is 0 Å². The molecule has 0 aromatic heterocycles. The quantitative estimate of drug-likeness (QED) is 0.300. The molecular formula is C25H39N3O3. The summed E-state index contributed by atoms with van der Waals surface area (Å²) in [7, 11) is 0. The lowest BCUT2D eigenvalue weighted by molar-refractivity contribution is 0.0554. The van der Waals surface area contributed by atoms with E-state index in [1.165, 1.54) is 44.1 Å². The van der Waals surface area contributed by atoms with Gasteiger partial charge >= 0.3 is 6.09 Å². The SMILES string of the molecule is CCCCCCCCc1ccc(C(=O)N2CCC[C@H]2C(=N)NC(=O)OC(C)(C)C)cc1. The van der Waals surface area contributed by atoms with Gasteiger partial charge in [-0.3, -0.25) is 15.5 Å². The van der Waals surface area contributed by atoms with Gasteiger partial charge in [0, 0.05) is 12.1 Å². The topological polar surface area (TPSA) is 82.5 Å². The van der Waals surface area contributed by atoms with E-state index in [0.29, 0.717) is 18.5 Å². The fourth-order valence-corrected chi connectivity index (χ4v) is 3.90. The Morgan fingerprint density at radius 1 is 1.10 bits per heavy atom. The van der Waals surface area contributed by atoms with Crippen LogP contribution in [0.4, 0.5) is 4.79 Å². The number of amides is 2. The molecule has 1 fully saturated rings. The van der Waals surface area contributed by atoms with Gasteiger partial charge in [-0.05, 0) is 64.2 Å². The van der Waals surface area contributed by atoms with Crippen LogP contribution in [0, 0.1) is 5.41 Å². The molecule has 1 atom stereocenters. The summed E-state index contributed by atoms with van der Waals surface area (Å²) in [6, 6.07) is 7.41. The van der Waals surface area contributed by atoms with E-state index in [1.54, 1.807) is 25.7 Å². The molecule has 1 aromatic rings. The number of unbranched alkanes of at least 4 members (excludes halogenated alkanes) is 5. The maximum absolute atomic E-state index is 13.0. The Morgan fingerprint density at radius 3 is 2.39 bits per heavy atom. The fourth-order valence-electron chi connectivity index (χ4n) is 3.90. The number of benzene rings is 1. The molecular weight excluding hydrogens is 390 g/mol. The number of nitrogens with one attached hydrogen (secondary N) is 2. The summed E-state index contributed by atoms with van der Waals surface area (Å²) < 4.78 is 5.23. The minimum absolute atomic E-state index is 0.0137. The molecule has 6 heteroatoms. The van der Waals surface area contributed by atoms with Crippen molar-refractivity contribution >= 4 is 17.8 Å². The molecule has 0 bridgehead atoms. The number of hydrogen-bond acceptors (Lipinski definition) is 4. The van der Waals surface area contributed by atoms with Crippen LogP contribution in [0.25, 0.3) is 0 Å². The number of likely N-dealkylation sites (tertiary alicyclic amines) is 1. The van der Waals surface area contributed by atoms with Crippen LogP contribution in [-0.4, -0.2) is 40.9 Å². The molecule has 2 N–H and O–H groups in total. The van der Waals surface area contributed by atoms with Gasteiger partial charge in [0.1, 0.15) is 11.4 Å². The monoisotopic (exact) mass is 429 g/mol. The highest BCUT2D eigenvalue weighted by Gasteiger charge is 2.33. The molecule has 1 saturated heterocycles. The van der Waals surface area contributed by atoms with Gasteiger partial charge in [-0.1, -0.05) is 51.2 Å². The second-order valence-corrected chi connectivity index (χ2v) is 9.41. The maximum atomic E-state index is 13.0. The number of rotatable bonds is 9. The van der Waals surface area contributed by atoms with Gasteiger partial charge in [0.05, 0.1) is 6.04 Å². The molecule has 2 rings (SSSR count). The van der Waals surface area contributed by atoms with Crippen LogP contribution >= 0.6 is 0 Å². The molecule has 6 nitrogen and oxygen atoms in total. The predicted octanol–water partition coefficient (Wildman–Crippen LogP) is 5.70. The highest BCUT2D eigenvalue weighted by Crippen LogP contribution is 2.21. The third kappa shape index (κ3) is 8.35. The fraction of sp³-hybridized carbons (Fsp3) is 0.640. The van der Waals surface area contributed by atoms with E-state index >= 15 is 0 Å². The third-order valence-electron chi connectivity index (χ3n) is 5.50. The number of hydrogen-bond donors (Lipinski definition) is 2. The summed E-state index contributed by atoms with van der Waals surface area (Å²) in [5.74, 6) is -0.0795. The van der Waals surface area contributed by atoms with Gasteiger partial charge in [0.25, 0.3) is 5.91 Å². The summed E-state index contributed by atoms with van der Waals surface area (Å²) in [6.07, 6.45) is 9.49. The van der Waals surface area contributed by atoms with E-state index < -0.39 is 17.7 Å². The van der Waals surface area contributed by atoms with Crippen LogP contribution < -0.4 is 5.32 Å². The van der Waals surface area contributed by atoms with Crippen LogP contribution in [0.15, 0.2) is 24.3 Å². The molecule has 1 aliphatic rings. The number of amidine groups is 1. The molecule has 0 unspecified atom stereocenters. The summed E-state index contributed by atoms with van der Waals surface area (Å²) in [5.41, 5.74) is 1.25. The summed E-state index contributed by atoms with van der Waals surface area (Å²) in [6.45, 7) is 8.14. The number of nitrogens with zero attached hydrogens (tertiary/aromatic N) is 1. The highest BCUT2D eigenvalue weighted by atomic mass is 16.6. The summed E-state index contributed by atoms with van der Waals surface area (Å²) in [4.78, 5) is 26.7. The first-order valence-electron chi connectivity index (χ1n) is 11.7. The van der Waals surface area contributed by atoms with Crippen molar-refractivity contribution in [2.75, 3.05) is 6.54 Å². The molecule has 0 spiro atoms. The number of carbonyl (C=O) groups excluding carboxylic acids is 2.